The fourth-order valence-electron chi connectivity index (χ4n) is 1.87. The second-order valence-electron chi connectivity index (χ2n) is 4.73. The van der Waals surface area contributed by atoms with Crippen LogP contribution in [-0.4, -0.2) is 25.1 Å². The number of ether oxygens (including phenoxy) is 2. The Morgan fingerprint density at radius 1 is 1.20 bits per heavy atom. The molecule has 2 rings (SSSR count). The van der Waals surface area contributed by atoms with Crippen LogP contribution in [-0.2, 0) is 9.53 Å². The van der Waals surface area contributed by atoms with E-state index in [9.17, 15) is 18.4 Å². The van der Waals surface area contributed by atoms with Crippen molar-refractivity contribution >= 4 is 34.9 Å². The zero-order valence-electron chi connectivity index (χ0n) is 12.7. The highest BCUT2D eigenvalue weighted by Crippen LogP contribution is 2.25. The van der Waals surface area contributed by atoms with Gasteiger partial charge in [-0.3, -0.25) is 4.79 Å². The Morgan fingerprint density at radius 2 is 1.92 bits per heavy atom. The van der Waals surface area contributed by atoms with Crippen LogP contribution in [0.2, 0.25) is 5.02 Å². The van der Waals surface area contributed by atoms with Crippen molar-refractivity contribution in [3.63, 3.8) is 0 Å². The molecule has 0 heterocycles. The van der Waals surface area contributed by atoms with Gasteiger partial charge < -0.3 is 20.5 Å². The Labute approximate surface area is 146 Å². The fourth-order valence-corrected chi connectivity index (χ4v) is 2.04. The maximum atomic E-state index is 12.3. The number of hydrogen-bond acceptors (Lipinski definition) is 5. The maximum Gasteiger partial charge on any atom is 0.387 e. The maximum absolute atomic E-state index is 12.3. The van der Waals surface area contributed by atoms with Crippen LogP contribution in [0.5, 0.6) is 5.75 Å². The van der Waals surface area contributed by atoms with Crippen LogP contribution in [0.15, 0.2) is 42.5 Å². The molecule has 0 aliphatic rings. The first-order valence-electron chi connectivity index (χ1n) is 6.92. The molecule has 2 aromatic rings. The van der Waals surface area contributed by atoms with Gasteiger partial charge in [0, 0.05) is 10.7 Å². The molecule has 2 aromatic carbocycles. The molecule has 0 fully saturated rings. The van der Waals surface area contributed by atoms with Crippen LogP contribution in [0.4, 0.5) is 20.2 Å². The van der Waals surface area contributed by atoms with E-state index in [0.29, 0.717) is 0 Å². The summed E-state index contributed by atoms with van der Waals surface area (Å²) in [6.07, 6.45) is 0. The normalized spacial score (nSPS) is 10.4. The molecule has 25 heavy (non-hydrogen) atoms. The number of amides is 1. The summed E-state index contributed by atoms with van der Waals surface area (Å²) < 4.78 is 33.8. The van der Waals surface area contributed by atoms with Gasteiger partial charge in [0.1, 0.15) is 5.75 Å². The predicted molar refractivity (Wildman–Crippen MR) is 87.9 cm³/mol. The van der Waals surface area contributed by atoms with E-state index in [1.54, 1.807) is 0 Å². The molecule has 0 spiro atoms. The van der Waals surface area contributed by atoms with Gasteiger partial charge in [-0.05, 0) is 30.3 Å². The van der Waals surface area contributed by atoms with Gasteiger partial charge in [0.15, 0.2) is 6.61 Å². The van der Waals surface area contributed by atoms with Gasteiger partial charge >= 0.3 is 12.6 Å². The van der Waals surface area contributed by atoms with Crippen LogP contribution >= 0.6 is 11.6 Å². The van der Waals surface area contributed by atoms with Crippen LogP contribution in [0.25, 0.3) is 0 Å². The summed E-state index contributed by atoms with van der Waals surface area (Å²) in [4.78, 5) is 23.8. The van der Waals surface area contributed by atoms with Crippen molar-refractivity contribution in [2.75, 3.05) is 17.7 Å². The number of benzene rings is 2. The molecule has 0 atom stereocenters. The lowest BCUT2D eigenvalue weighted by molar-refractivity contribution is -0.119. The van der Waals surface area contributed by atoms with E-state index >= 15 is 0 Å². The minimum Gasteiger partial charge on any atom is -0.452 e. The van der Waals surface area contributed by atoms with E-state index in [1.807, 2.05) is 0 Å². The lowest BCUT2D eigenvalue weighted by Gasteiger charge is -2.12. The minimum atomic E-state index is -3.04. The third kappa shape index (κ3) is 5.32. The zero-order valence-corrected chi connectivity index (χ0v) is 13.4. The van der Waals surface area contributed by atoms with Gasteiger partial charge in [-0.1, -0.05) is 23.7 Å². The number of nitrogen functional groups attached to an aromatic ring is 1. The third-order valence-corrected chi connectivity index (χ3v) is 3.18. The fraction of sp³-hybridized carbons (Fsp3) is 0.125. The summed E-state index contributed by atoms with van der Waals surface area (Å²) in [7, 11) is 0. The molecule has 3 N–H and O–H groups in total. The molecule has 0 aliphatic heterocycles. The van der Waals surface area contributed by atoms with E-state index in [2.05, 4.69) is 10.1 Å². The van der Waals surface area contributed by atoms with Crippen molar-refractivity contribution in [1.82, 2.24) is 0 Å². The summed E-state index contributed by atoms with van der Waals surface area (Å²) in [5, 5.41) is 2.60. The van der Waals surface area contributed by atoms with Crippen LogP contribution in [0, 0.1) is 0 Å². The number of para-hydroxylation sites is 2. The number of nitrogens with one attached hydrogen (secondary N) is 1. The number of alkyl halides is 2. The monoisotopic (exact) mass is 370 g/mol. The highest BCUT2D eigenvalue weighted by molar-refractivity contribution is 6.31. The summed E-state index contributed by atoms with van der Waals surface area (Å²) in [5.74, 6) is -1.79. The highest BCUT2D eigenvalue weighted by Gasteiger charge is 2.15. The average Bonchev–Trinajstić information content (AvgIpc) is 2.56. The van der Waals surface area contributed by atoms with Gasteiger partial charge in [0.25, 0.3) is 5.91 Å². The first-order valence-corrected chi connectivity index (χ1v) is 7.30. The molecular formula is C16H13ClF2N2O4. The number of hydrogen-bond donors (Lipinski definition) is 2. The molecule has 132 valence electrons. The number of esters is 1. The lowest BCUT2D eigenvalue weighted by Crippen LogP contribution is -2.22. The van der Waals surface area contributed by atoms with Crippen LogP contribution < -0.4 is 15.8 Å². The van der Waals surface area contributed by atoms with E-state index in [-0.39, 0.29) is 27.7 Å². The number of carbonyl (C=O) groups excluding carboxylic acids is 2. The predicted octanol–water partition coefficient (Wildman–Crippen LogP) is 3.32. The number of carbonyl (C=O) groups is 2. The zero-order chi connectivity index (χ0) is 18.4. The molecule has 1 amide bonds. The summed E-state index contributed by atoms with van der Waals surface area (Å²) in [6.45, 7) is -3.69. The highest BCUT2D eigenvalue weighted by atomic mass is 35.5. The summed E-state index contributed by atoms with van der Waals surface area (Å²) >= 11 is 5.77. The van der Waals surface area contributed by atoms with E-state index in [1.165, 1.54) is 42.5 Å². The SMILES string of the molecule is Nc1ccc(Cl)cc1C(=O)OCC(=O)Nc1ccccc1OC(F)F. The molecule has 6 nitrogen and oxygen atoms in total. The van der Waals surface area contributed by atoms with E-state index in [4.69, 9.17) is 22.1 Å². The molecule has 0 aromatic heterocycles. The average molecular weight is 371 g/mol. The topological polar surface area (TPSA) is 90.7 Å². The van der Waals surface area contributed by atoms with Gasteiger partial charge in [-0.15, -0.1) is 0 Å². The van der Waals surface area contributed by atoms with Gasteiger partial charge in [0.05, 0.1) is 11.3 Å². The van der Waals surface area contributed by atoms with E-state index in [0.717, 1.165) is 0 Å². The van der Waals surface area contributed by atoms with Crippen molar-refractivity contribution in [3.8, 4) is 5.75 Å². The third-order valence-electron chi connectivity index (χ3n) is 2.95. The van der Waals surface area contributed by atoms with Crippen LogP contribution in [0.1, 0.15) is 10.4 Å². The van der Waals surface area contributed by atoms with Gasteiger partial charge in [-0.25, -0.2) is 4.79 Å². The lowest BCUT2D eigenvalue weighted by atomic mass is 10.2. The molecule has 0 radical (unpaired) electrons. The smallest absolute Gasteiger partial charge is 0.387 e. The number of anilines is 2. The summed E-state index contributed by atoms with van der Waals surface area (Å²) in [5.41, 5.74) is 5.82. The molecule has 0 bridgehead atoms. The molecule has 9 heteroatoms. The second kappa shape index (κ2) is 8.29. The van der Waals surface area contributed by atoms with E-state index < -0.39 is 25.1 Å². The Bertz CT molecular complexity index is 786. The van der Waals surface area contributed by atoms with Crippen LogP contribution in [0.3, 0.4) is 0 Å². The van der Waals surface area contributed by atoms with Gasteiger partial charge in [0.2, 0.25) is 0 Å². The number of rotatable bonds is 6. The Hall–Kier alpha value is -2.87. The standard InChI is InChI=1S/C16H13ClF2N2O4/c17-9-5-6-11(20)10(7-9)15(23)24-8-14(22)21-12-3-1-2-4-13(12)25-16(18)19/h1-7,16H,8,20H2,(H,21,22). The van der Waals surface area contributed by atoms with Gasteiger partial charge in [-0.2, -0.15) is 8.78 Å². The molecule has 0 unspecified atom stereocenters. The molecular weight excluding hydrogens is 358 g/mol. The van der Waals surface area contributed by atoms with Crippen molar-refractivity contribution in [2.45, 2.75) is 6.61 Å². The Balaban J connectivity index is 1.97. The largest absolute Gasteiger partial charge is 0.452 e. The Kier molecular flexibility index (Phi) is 6.13. The molecule has 0 saturated heterocycles. The van der Waals surface area contributed by atoms with Crippen molar-refractivity contribution in [2.24, 2.45) is 0 Å². The first kappa shape index (κ1) is 18.5. The van der Waals surface area contributed by atoms with Crippen molar-refractivity contribution < 1.29 is 27.8 Å². The van der Waals surface area contributed by atoms with Crippen molar-refractivity contribution in [3.05, 3.63) is 53.1 Å². The molecule has 0 aliphatic carbocycles. The minimum absolute atomic E-state index is 0.0155. The summed E-state index contributed by atoms with van der Waals surface area (Å²) in [6, 6.07) is 9.86. The quantitative estimate of drug-likeness (QED) is 0.601. The van der Waals surface area contributed by atoms with Crippen molar-refractivity contribution in [1.29, 1.82) is 0 Å². The first-order chi connectivity index (χ1) is 11.9. The second-order valence-corrected chi connectivity index (χ2v) is 5.17. The Morgan fingerprint density at radius 3 is 2.64 bits per heavy atom. The number of halogens is 3. The number of nitrogens with two attached hydrogens (primary N) is 1. The molecule has 0 saturated carbocycles.